The third-order valence-electron chi connectivity index (χ3n) is 2.26. The predicted molar refractivity (Wildman–Crippen MR) is 62.4 cm³/mol. The Labute approximate surface area is 107 Å². The molecule has 5 nitrogen and oxygen atoms in total. The molecule has 1 N–H and O–H groups in total. The smallest absolute Gasteiger partial charge is 0.337 e. The van der Waals surface area contributed by atoms with E-state index in [1.807, 2.05) is 0 Å². The molecule has 0 amide bonds. The first-order chi connectivity index (χ1) is 9.10. The van der Waals surface area contributed by atoms with Crippen LogP contribution in [-0.4, -0.2) is 16.1 Å². The highest BCUT2D eigenvalue weighted by Gasteiger charge is 2.07. The van der Waals surface area contributed by atoms with Crippen molar-refractivity contribution in [2.24, 2.45) is 0 Å². The molecule has 0 bridgehead atoms. The minimum absolute atomic E-state index is 0.0355. The van der Waals surface area contributed by atoms with Crippen LogP contribution in [0.5, 0.6) is 11.5 Å². The fourth-order valence-electron chi connectivity index (χ4n) is 1.38. The summed E-state index contributed by atoms with van der Waals surface area (Å²) in [5.74, 6) is -1.52. The molecule has 19 heavy (non-hydrogen) atoms. The molecule has 0 saturated heterocycles. The largest absolute Gasteiger partial charge is 0.478 e. The van der Waals surface area contributed by atoms with Crippen LogP contribution in [0, 0.1) is 17.1 Å². The van der Waals surface area contributed by atoms with Crippen molar-refractivity contribution in [1.29, 1.82) is 5.26 Å². The van der Waals surface area contributed by atoms with Crippen LogP contribution in [0.3, 0.4) is 0 Å². The van der Waals surface area contributed by atoms with Crippen LogP contribution in [0.4, 0.5) is 4.39 Å². The molecular formula is C13H7FN2O3. The Hall–Kier alpha value is -2.94. The van der Waals surface area contributed by atoms with Gasteiger partial charge in [0.25, 0.3) is 0 Å². The van der Waals surface area contributed by atoms with E-state index >= 15 is 0 Å². The minimum Gasteiger partial charge on any atom is -0.478 e. The fourth-order valence-corrected chi connectivity index (χ4v) is 1.38. The van der Waals surface area contributed by atoms with Gasteiger partial charge in [0.1, 0.15) is 23.4 Å². The summed E-state index contributed by atoms with van der Waals surface area (Å²) in [7, 11) is 0. The Balaban J connectivity index is 2.26. The molecular weight excluding hydrogens is 251 g/mol. The summed E-state index contributed by atoms with van der Waals surface area (Å²) in [4.78, 5) is 14.5. The zero-order valence-corrected chi connectivity index (χ0v) is 9.50. The number of aromatic nitrogens is 1. The molecule has 1 aromatic carbocycles. The van der Waals surface area contributed by atoms with Crippen LogP contribution in [-0.2, 0) is 0 Å². The summed E-state index contributed by atoms with van der Waals surface area (Å²) < 4.78 is 18.6. The molecule has 0 spiro atoms. The summed E-state index contributed by atoms with van der Waals surface area (Å²) in [5, 5.41) is 17.4. The zero-order valence-electron chi connectivity index (χ0n) is 9.50. The number of rotatable bonds is 3. The highest BCUT2D eigenvalue weighted by Crippen LogP contribution is 2.23. The second kappa shape index (κ2) is 5.14. The van der Waals surface area contributed by atoms with Gasteiger partial charge in [0.2, 0.25) is 0 Å². The van der Waals surface area contributed by atoms with Crippen molar-refractivity contribution in [3.8, 4) is 17.6 Å². The molecule has 0 aliphatic rings. The molecule has 0 radical (unpaired) electrons. The van der Waals surface area contributed by atoms with E-state index in [1.54, 1.807) is 6.07 Å². The van der Waals surface area contributed by atoms with Gasteiger partial charge in [-0.25, -0.2) is 9.18 Å². The number of halogens is 1. The summed E-state index contributed by atoms with van der Waals surface area (Å²) in [6, 6.07) is 6.70. The lowest BCUT2D eigenvalue weighted by Gasteiger charge is -2.06. The van der Waals surface area contributed by atoms with Crippen LogP contribution in [0.2, 0.25) is 0 Å². The van der Waals surface area contributed by atoms with Gasteiger partial charge in [-0.05, 0) is 18.2 Å². The number of carboxylic acids is 1. The van der Waals surface area contributed by atoms with Gasteiger partial charge in [-0.1, -0.05) is 0 Å². The number of pyridine rings is 1. The number of carbonyl (C=O) groups is 1. The van der Waals surface area contributed by atoms with Crippen molar-refractivity contribution in [3.63, 3.8) is 0 Å². The first-order valence-corrected chi connectivity index (χ1v) is 5.16. The SMILES string of the molecule is N#Cc1ccc(Oc2cncc(C(=O)O)c2)cc1F. The van der Waals surface area contributed by atoms with Gasteiger partial charge in [-0.3, -0.25) is 4.98 Å². The third kappa shape index (κ3) is 2.84. The molecule has 0 atom stereocenters. The van der Waals surface area contributed by atoms with E-state index in [0.29, 0.717) is 0 Å². The van der Waals surface area contributed by atoms with E-state index in [2.05, 4.69) is 4.98 Å². The predicted octanol–water partition coefficient (Wildman–Crippen LogP) is 2.58. The quantitative estimate of drug-likeness (QED) is 0.914. The van der Waals surface area contributed by atoms with Crippen molar-refractivity contribution >= 4 is 5.97 Å². The van der Waals surface area contributed by atoms with Gasteiger partial charge < -0.3 is 9.84 Å². The minimum atomic E-state index is -1.14. The summed E-state index contributed by atoms with van der Waals surface area (Å²) in [6.45, 7) is 0. The molecule has 0 saturated carbocycles. The fraction of sp³-hybridized carbons (Fsp3) is 0. The standard InChI is InChI=1S/C13H7FN2O3/c14-12-4-10(2-1-8(12)5-15)19-11-3-9(13(17)18)6-16-7-11/h1-4,6-7H,(H,17,18). The first kappa shape index (κ1) is 12.5. The first-order valence-electron chi connectivity index (χ1n) is 5.16. The number of hydrogen-bond acceptors (Lipinski definition) is 4. The highest BCUT2D eigenvalue weighted by molar-refractivity contribution is 5.87. The monoisotopic (exact) mass is 258 g/mol. The molecule has 6 heteroatoms. The van der Waals surface area contributed by atoms with Crippen molar-refractivity contribution in [2.75, 3.05) is 0 Å². The van der Waals surface area contributed by atoms with Crippen molar-refractivity contribution < 1.29 is 19.0 Å². The molecule has 2 aromatic rings. The lowest BCUT2D eigenvalue weighted by molar-refractivity contribution is 0.0696. The van der Waals surface area contributed by atoms with Crippen molar-refractivity contribution in [3.05, 3.63) is 53.6 Å². The molecule has 94 valence electrons. The van der Waals surface area contributed by atoms with Gasteiger partial charge in [-0.2, -0.15) is 5.26 Å². The Bertz CT molecular complexity index is 680. The number of ether oxygens (including phenoxy) is 1. The van der Waals surface area contributed by atoms with E-state index in [0.717, 1.165) is 6.07 Å². The van der Waals surface area contributed by atoms with Crippen LogP contribution in [0.25, 0.3) is 0 Å². The van der Waals surface area contributed by atoms with E-state index < -0.39 is 11.8 Å². The van der Waals surface area contributed by atoms with Gasteiger partial charge in [0.05, 0.1) is 17.3 Å². The normalized spacial score (nSPS) is 9.68. The average molecular weight is 258 g/mol. The number of aromatic carboxylic acids is 1. The Morgan fingerprint density at radius 3 is 2.74 bits per heavy atom. The van der Waals surface area contributed by atoms with E-state index in [1.165, 1.54) is 30.6 Å². The van der Waals surface area contributed by atoms with E-state index in [4.69, 9.17) is 15.1 Å². The van der Waals surface area contributed by atoms with Crippen molar-refractivity contribution in [2.45, 2.75) is 0 Å². The molecule has 1 heterocycles. The molecule has 0 unspecified atom stereocenters. The van der Waals surface area contributed by atoms with Crippen LogP contribution < -0.4 is 4.74 Å². The van der Waals surface area contributed by atoms with Crippen LogP contribution in [0.15, 0.2) is 36.7 Å². The zero-order chi connectivity index (χ0) is 13.8. The highest BCUT2D eigenvalue weighted by atomic mass is 19.1. The number of carboxylic acid groups (broad SMARTS) is 1. The van der Waals surface area contributed by atoms with E-state index in [9.17, 15) is 9.18 Å². The Morgan fingerprint density at radius 1 is 1.32 bits per heavy atom. The molecule has 0 aliphatic heterocycles. The van der Waals surface area contributed by atoms with Gasteiger partial charge >= 0.3 is 5.97 Å². The number of benzene rings is 1. The maximum Gasteiger partial charge on any atom is 0.337 e. The Kier molecular flexibility index (Phi) is 3.39. The molecule has 0 aliphatic carbocycles. The maximum absolute atomic E-state index is 13.3. The maximum atomic E-state index is 13.3. The second-order valence-electron chi connectivity index (χ2n) is 3.57. The summed E-state index contributed by atoms with van der Waals surface area (Å²) in [5.41, 5.74) is -0.128. The van der Waals surface area contributed by atoms with Crippen LogP contribution in [0.1, 0.15) is 15.9 Å². The lowest BCUT2D eigenvalue weighted by Crippen LogP contribution is -1.97. The second-order valence-corrected chi connectivity index (χ2v) is 3.57. The summed E-state index contributed by atoms with van der Waals surface area (Å²) in [6.07, 6.45) is 2.48. The average Bonchev–Trinajstić information content (AvgIpc) is 2.39. The molecule has 2 rings (SSSR count). The lowest BCUT2D eigenvalue weighted by atomic mass is 10.2. The van der Waals surface area contributed by atoms with Gasteiger partial charge in [0.15, 0.2) is 0 Å². The number of nitriles is 1. The van der Waals surface area contributed by atoms with E-state index in [-0.39, 0.29) is 22.6 Å². The number of nitrogens with zero attached hydrogens (tertiary/aromatic N) is 2. The van der Waals surface area contributed by atoms with Gasteiger partial charge in [0, 0.05) is 12.3 Å². The molecule has 1 aromatic heterocycles. The summed E-state index contributed by atoms with van der Waals surface area (Å²) >= 11 is 0. The van der Waals surface area contributed by atoms with Crippen LogP contribution >= 0.6 is 0 Å². The topological polar surface area (TPSA) is 83.2 Å². The molecule has 0 fully saturated rings. The van der Waals surface area contributed by atoms with Gasteiger partial charge in [-0.15, -0.1) is 0 Å². The number of hydrogen-bond donors (Lipinski definition) is 1. The Morgan fingerprint density at radius 2 is 2.11 bits per heavy atom. The van der Waals surface area contributed by atoms with Crippen molar-refractivity contribution in [1.82, 2.24) is 4.98 Å². The third-order valence-corrected chi connectivity index (χ3v) is 2.26.